The molecule has 1 amide bonds. The van der Waals surface area contributed by atoms with E-state index in [1.165, 1.54) is 18.6 Å². The zero-order valence-electron chi connectivity index (χ0n) is 22.0. The highest BCUT2D eigenvalue weighted by Crippen LogP contribution is 2.38. The summed E-state index contributed by atoms with van der Waals surface area (Å²) in [5, 5.41) is 2.18. The summed E-state index contributed by atoms with van der Waals surface area (Å²) in [7, 11) is -4.40. The van der Waals surface area contributed by atoms with Crippen molar-refractivity contribution in [2.75, 3.05) is 23.9 Å². The zero-order chi connectivity index (χ0) is 28.9. The number of hydrogen-bond acceptors (Lipinski definition) is 4. The first-order valence-corrected chi connectivity index (χ1v) is 14.8. The summed E-state index contributed by atoms with van der Waals surface area (Å²) in [6, 6.07) is 16.3. The second kappa shape index (κ2) is 12.6. The Hall–Kier alpha value is -3.08. The van der Waals surface area contributed by atoms with Crippen molar-refractivity contribution in [2.24, 2.45) is 0 Å². The molecule has 1 N–H and O–H groups in total. The van der Waals surface area contributed by atoms with E-state index in [0.717, 1.165) is 61.3 Å². The van der Waals surface area contributed by atoms with Crippen LogP contribution in [-0.2, 0) is 34.1 Å². The Morgan fingerprint density at radius 1 is 0.975 bits per heavy atom. The number of likely N-dealkylation sites (tertiary alicyclic amines) is 1. The molecule has 6 nitrogen and oxygen atoms in total. The smallest absolute Gasteiger partial charge is 0.350 e. The molecule has 1 fully saturated rings. The molecule has 11 heteroatoms. The Labute approximate surface area is 237 Å². The number of carbonyl (C=O) groups excluding carboxylic acids is 1. The Balaban J connectivity index is 1.58. The SMILES string of the molecule is Cc1ccc(S(=O)(=O)N(CC(=O)NCc2ccccc2CN2CCCCC2)c2ccc(Cl)c(C(F)(F)F)c2)cc1. The fourth-order valence-electron chi connectivity index (χ4n) is 4.66. The molecular formula is C29H31ClF3N3O3S. The number of aryl methyl sites for hydroxylation is 1. The van der Waals surface area contributed by atoms with Crippen molar-refractivity contribution in [1.82, 2.24) is 10.2 Å². The number of anilines is 1. The topological polar surface area (TPSA) is 69.7 Å². The number of amides is 1. The fourth-order valence-corrected chi connectivity index (χ4v) is 6.30. The van der Waals surface area contributed by atoms with Crippen LogP contribution in [-0.4, -0.2) is 38.9 Å². The van der Waals surface area contributed by atoms with Crippen molar-refractivity contribution < 1.29 is 26.4 Å². The van der Waals surface area contributed by atoms with Crippen LogP contribution < -0.4 is 9.62 Å². The van der Waals surface area contributed by atoms with Gasteiger partial charge in [0, 0.05) is 13.1 Å². The first-order chi connectivity index (χ1) is 18.9. The third-order valence-electron chi connectivity index (χ3n) is 6.88. The number of hydrogen-bond donors (Lipinski definition) is 1. The standard InChI is InChI=1S/C29H31ClF3N3O3S/c1-21-9-12-25(13-10-21)40(38,39)36(24-11-14-27(30)26(17-24)29(31,32)33)20-28(37)34-18-22-7-3-4-8-23(22)19-35-15-5-2-6-16-35/h3-4,7-14,17H,2,5-6,15-16,18-20H2,1H3,(H,34,37). The van der Waals surface area contributed by atoms with Crippen molar-refractivity contribution >= 4 is 33.2 Å². The third kappa shape index (κ3) is 7.35. The van der Waals surface area contributed by atoms with Gasteiger partial charge in [0.05, 0.1) is 21.2 Å². The Bertz CT molecular complexity index is 1440. The highest BCUT2D eigenvalue weighted by Gasteiger charge is 2.35. The van der Waals surface area contributed by atoms with Gasteiger partial charge >= 0.3 is 6.18 Å². The molecule has 1 aliphatic heterocycles. The lowest BCUT2D eigenvalue weighted by Gasteiger charge is -2.27. The number of carbonyl (C=O) groups is 1. The number of halogens is 4. The minimum atomic E-state index is -4.81. The largest absolute Gasteiger partial charge is 0.417 e. The van der Waals surface area contributed by atoms with Crippen LogP contribution in [0.15, 0.2) is 71.6 Å². The predicted octanol–water partition coefficient (Wildman–Crippen LogP) is 6.16. The molecule has 3 aromatic rings. The molecule has 40 heavy (non-hydrogen) atoms. The van der Waals surface area contributed by atoms with Crippen LogP contribution >= 0.6 is 11.6 Å². The minimum absolute atomic E-state index is 0.148. The first-order valence-electron chi connectivity index (χ1n) is 13.0. The number of alkyl halides is 3. The van der Waals surface area contributed by atoms with Crippen molar-refractivity contribution in [3.8, 4) is 0 Å². The normalized spacial score (nSPS) is 14.6. The quantitative estimate of drug-likeness (QED) is 0.322. The van der Waals surface area contributed by atoms with Gasteiger partial charge in [-0.25, -0.2) is 8.42 Å². The molecule has 0 spiro atoms. The average molecular weight is 594 g/mol. The van der Waals surface area contributed by atoms with E-state index in [-0.39, 0.29) is 17.1 Å². The second-order valence-electron chi connectivity index (χ2n) is 9.87. The summed E-state index contributed by atoms with van der Waals surface area (Å²) in [5.41, 5.74) is 1.24. The van der Waals surface area contributed by atoms with E-state index < -0.39 is 39.2 Å². The van der Waals surface area contributed by atoms with E-state index >= 15 is 0 Å². The second-order valence-corrected chi connectivity index (χ2v) is 12.1. The molecule has 0 aliphatic carbocycles. The van der Waals surface area contributed by atoms with Crippen molar-refractivity contribution in [1.29, 1.82) is 0 Å². The number of benzene rings is 3. The summed E-state index contributed by atoms with van der Waals surface area (Å²) in [5.74, 6) is -0.660. The number of piperidine rings is 1. The molecule has 0 bridgehead atoms. The van der Waals surface area contributed by atoms with Crippen LogP contribution in [0.2, 0.25) is 5.02 Å². The Morgan fingerprint density at radius 2 is 1.62 bits per heavy atom. The molecule has 1 aliphatic rings. The summed E-state index contributed by atoms with van der Waals surface area (Å²) in [6.07, 6.45) is -1.31. The first kappa shape index (κ1) is 29.9. The number of sulfonamides is 1. The van der Waals surface area contributed by atoms with Gasteiger partial charge in [-0.15, -0.1) is 0 Å². The molecule has 0 radical (unpaired) electrons. The van der Waals surface area contributed by atoms with Crippen LogP contribution in [0, 0.1) is 6.92 Å². The highest BCUT2D eigenvalue weighted by molar-refractivity contribution is 7.92. The lowest BCUT2D eigenvalue weighted by molar-refractivity contribution is -0.137. The molecule has 1 heterocycles. The number of nitrogens with zero attached hydrogens (tertiary/aromatic N) is 2. The Kier molecular flexibility index (Phi) is 9.43. The molecule has 1 saturated heterocycles. The maximum absolute atomic E-state index is 13.6. The molecule has 4 rings (SSSR count). The molecule has 0 atom stereocenters. The molecule has 0 aromatic heterocycles. The van der Waals surface area contributed by atoms with Crippen LogP contribution in [0.1, 0.15) is 41.5 Å². The zero-order valence-corrected chi connectivity index (χ0v) is 23.6. The molecule has 0 saturated carbocycles. The van der Waals surface area contributed by atoms with E-state index in [1.807, 2.05) is 24.3 Å². The van der Waals surface area contributed by atoms with Gasteiger partial charge < -0.3 is 5.32 Å². The molecular weight excluding hydrogens is 563 g/mol. The summed E-state index contributed by atoms with van der Waals surface area (Å²) in [4.78, 5) is 15.3. The maximum Gasteiger partial charge on any atom is 0.417 e. The van der Waals surface area contributed by atoms with Crippen molar-refractivity contribution in [3.05, 3.63) is 94.0 Å². The van der Waals surface area contributed by atoms with Crippen molar-refractivity contribution in [2.45, 2.75) is 50.3 Å². The lowest BCUT2D eigenvalue weighted by Crippen LogP contribution is -2.41. The number of nitrogens with one attached hydrogen (secondary N) is 1. The van der Waals surface area contributed by atoms with Crippen LogP contribution in [0.4, 0.5) is 18.9 Å². The van der Waals surface area contributed by atoms with Gasteiger partial charge in [0.1, 0.15) is 6.54 Å². The fraction of sp³-hybridized carbons (Fsp3) is 0.345. The lowest BCUT2D eigenvalue weighted by atomic mass is 10.0. The Morgan fingerprint density at radius 3 is 2.27 bits per heavy atom. The molecule has 3 aromatic carbocycles. The van der Waals surface area contributed by atoms with Crippen molar-refractivity contribution in [3.63, 3.8) is 0 Å². The molecule has 214 valence electrons. The van der Waals surface area contributed by atoms with E-state index in [2.05, 4.69) is 10.2 Å². The molecule has 0 unspecified atom stereocenters. The van der Waals surface area contributed by atoms with Crippen LogP contribution in [0.25, 0.3) is 0 Å². The average Bonchev–Trinajstić information content (AvgIpc) is 2.92. The van der Waals surface area contributed by atoms with Gasteiger partial charge in [-0.05, 0) is 74.3 Å². The van der Waals surface area contributed by atoms with Crippen LogP contribution in [0.5, 0.6) is 0 Å². The predicted molar refractivity (Wildman–Crippen MR) is 150 cm³/mol. The van der Waals surface area contributed by atoms with Gasteiger partial charge in [0.15, 0.2) is 0 Å². The van der Waals surface area contributed by atoms with E-state index in [1.54, 1.807) is 19.1 Å². The van der Waals surface area contributed by atoms with Gasteiger partial charge in [-0.2, -0.15) is 13.2 Å². The van der Waals surface area contributed by atoms with Crippen LogP contribution in [0.3, 0.4) is 0 Å². The summed E-state index contributed by atoms with van der Waals surface area (Å²) >= 11 is 5.77. The minimum Gasteiger partial charge on any atom is -0.350 e. The van der Waals surface area contributed by atoms with Gasteiger partial charge in [-0.3, -0.25) is 14.0 Å². The maximum atomic E-state index is 13.6. The van der Waals surface area contributed by atoms with E-state index in [4.69, 9.17) is 11.6 Å². The summed E-state index contributed by atoms with van der Waals surface area (Å²) in [6.45, 7) is 3.96. The van der Waals surface area contributed by atoms with E-state index in [9.17, 15) is 26.4 Å². The van der Waals surface area contributed by atoms with Gasteiger partial charge in [0.2, 0.25) is 5.91 Å². The summed E-state index contributed by atoms with van der Waals surface area (Å²) < 4.78 is 68.7. The third-order valence-corrected chi connectivity index (χ3v) is 8.99. The number of rotatable bonds is 9. The monoisotopic (exact) mass is 593 g/mol. The van der Waals surface area contributed by atoms with Gasteiger partial charge in [-0.1, -0.05) is 60.0 Å². The highest BCUT2D eigenvalue weighted by atomic mass is 35.5. The van der Waals surface area contributed by atoms with Gasteiger partial charge in [0.25, 0.3) is 10.0 Å². The van der Waals surface area contributed by atoms with E-state index in [0.29, 0.717) is 10.4 Å².